The minimum absolute atomic E-state index is 0.0295. The van der Waals surface area contributed by atoms with Gasteiger partial charge in [-0.2, -0.15) is 0 Å². The molecule has 1 aromatic heterocycles. The molecule has 2 atom stereocenters. The Bertz CT molecular complexity index is 1160. The van der Waals surface area contributed by atoms with E-state index in [-0.39, 0.29) is 31.4 Å². The second-order valence-electron chi connectivity index (χ2n) is 8.88. The number of alkyl carbamates (subject to hydrolysis) is 1. The first kappa shape index (κ1) is 24.1. The van der Waals surface area contributed by atoms with E-state index >= 15 is 0 Å². The van der Waals surface area contributed by atoms with Gasteiger partial charge in [0.1, 0.15) is 12.6 Å². The molecule has 0 saturated carbocycles. The first-order valence-electron chi connectivity index (χ1n) is 11.6. The highest BCUT2D eigenvalue weighted by Gasteiger charge is 2.31. The van der Waals surface area contributed by atoms with Crippen molar-refractivity contribution in [2.75, 3.05) is 20.2 Å². The van der Waals surface area contributed by atoms with E-state index in [2.05, 4.69) is 22.4 Å². The molecule has 0 fully saturated rings. The van der Waals surface area contributed by atoms with E-state index in [9.17, 15) is 19.5 Å². The molecule has 3 aromatic rings. The van der Waals surface area contributed by atoms with Crippen LogP contribution in [0.5, 0.6) is 0 Å². The van der Waals surface area contributed by atoms with Gasteiger partial charge in [0.15, 0.2) is 0 Å². The lowest BCUT2D eigenvalue weighted by molar-refractivity contribution is -0.143. The number of carbonyl (C=O) groups excluding carboxylic acids is 2. The summed E-state index contributed by atoms with van der Waals surface area (Å²) in [5, 5.41) is 11.9. The summed E-state index contributed by atoms with van der Waals surface area (Å²) in [5.74, 6) is -2.20. The van der Waals surface area contributed by atoms with Crippen molar-refractivity contribution >= 4 is 18.0 Å². The average Bonchev–Trinajstić information content (AvgIpc) is 3.47. The zero-order valence-corrected chi connectivity index (χ0v) is 19.7. The highest BCUT2D eigenvalue weighted by atomic mass is 16.5. The molecule has 0 bridgehead atoms. The Morgan fingerprint density at radius 1 is 1.03 bits per heavy atom. The van der Waals surface area contributed by atoms with Gasteiger partial charge in [0.25, 0.3) is 0 Å². The predicted molar refractivity (Wildman–Crippen MR) is 131 cm³/mol. The monoisotopic (exact) mass is 475 g/mol. The van der Waals surface area contributed by atoms with Crippen LogP contribution in [-0.4, -0.2) is 59.2 Å². The number of fused-ring (bicyclic) bond motifs is 3. The van der Waals surface area contributed by atoms with Crippen LogP contribution in [0.2, 0.25) is 0 Å². The van der Waals surface area contributed by atoms with Crippen molar-refractivity contribution in [1.82, 2.24) is 15.2 Å². The molecule has 2 aromatic carbocycles. The molecule has 0 saturated heterocycles. The van der Waals surface area contributed by atoms with Crippen molar-refractivity contribution in [3.63, 3.8) is 0 Å². The molecule has 4 rings (SSSR count). The van der Waals surface area contributed by atoms with Crippen LogP contribution in [0.15, 0.2) is 66.9 Å². The Morgan fingerprint density at radius 2 is 1.66 bits per heavy atom. The molecule has 8 nitrogen and oxygen atoms in total. The van der Waals surface area contributed by atoms with Crippen LogP contribution in [0.25, 0.3) is 11.1 Å². The number of likely N-dealkylation sites (N-methyl/N-ethyl adjacent to an activating group) is 1. The Kier molecular flexibility index (Phi) is 7.19. The molecular formula is C27H29N3O5. The summed E-state index contributed by atoms with van der Waals surface area (Å²) < 4.78 is 5.61. The van der Waals surface area contributed by atoms with Gasteiger partial charge in [-0.25, -0.2) is 4.79 Å². The van der Waals surface area contributed by atoms with Gasteiger partial charge in [0, 0.05) is 37.8 Å². The number of benzene rings is 2. The smallest absolute Gasteiger partial charge is 0.407 e. The fourth-order valence-corrected chi connectivity index (χ4v) is 4.54. The number of aromatic amines is 1. The number of carboxylic acid groups (broad SMARTS) is 1. The number of hydrogen-bond acceptors (Lipinski definition) is 4. The van der Waals surface area contributed by atoms with Crippen molar-refractivity contribution in [3.8, 4) is 11.1 Å². The number of nitrogens with one attached hydrogen (secondary N) is 2. The summed E-state index contributed by atoms with van der Waals surface area (Å²) in [6.07, 6.45) is 1.26. The van der Waals surface area contributed by atoms with Crippen molar-refractivity contribution in [2.24, 2.45) is 5.92 Å². The molecule has 2 unspecified atom stereocenters. The van der Waals surface area contributed by atoms with Gasteiger partial charge in [-0.15, -0.1) is 0 Å². The SMILES string of the molecule is CC(CN(C)C(=O)C(Cc1ccc[nH]1)NC(=O)OCC1c2ccccc2-c2ccccc21)C(=O)O. The van der Waals surface area contributed by atoms with Crippen LogP contribution in [0.4, 0.5) is 4.79 Å². The summed E-state index contributed by atoms with van der Waals surface area (Å²) in [5.41, 5.74) is 5.23. The highest BCUT2D eigenvalue weighted by Crippen LogP contribution is 2.44. The van der Waals surface area contributed by atoms with Crippen molar-refractivity contribution in [2.45, 2.75) is 25.3 Å². The van der Waals surface area contributed by atoms with E-state index in [0.717, 1.165) is 27.9 Å². The maximum atomic E-state index is 13.1. The number of ether oxygens (including phenoxy) is 1. The molecule has 1 aliphatic rings. The number of H-pyrrole nitrogens is 1. The molecule has 2 amide bonds. The Balaban J connectivity index is 1.44. The normalized spacial score (nSPS) is 13.9. The van der Waals surface area contributed by atoms with Crippen LogP contribution in [0, 0.1) is 5.92 Å². The number of rotatable bonds is 9. The first-order valence-corrected chi connectivity index (χ1v) is 11.6. The van der Waals surface area contributed by atoms with E-state index < -0.39 is 24.0 Å². The largest absolute Gasteiger partial charge is 0.481 e. The van der Waals surface area contributed by atoms with Gasteiger partial charge in [-0.05, 0) is 34.4 Å². The van der Waals surface area contributed by atoms with Crippen LogP contribution >= 0.6 is 0 Å². The molecule has 35 heavy (non-hydrogen) atoms. The zero-order valence-electron chi connectivity index (χ0n) is 19.7. The summed E-state index contributed by atoms with van der Waals surface area (Å²) >= 11 is 0. The molecule has 0 aliphatic heterocycles. The number of aromatic nitrogens is 1. The lowest BCUT2D eigenvalue weighted by atomic mass is 9.98. The fraction of sp³-hybridized carbons (Fsp3) is 0.296. The van der Waals surface area contributed by atoms with Gasteiger partial charge >= 0.3 is 12.1 Å². The third-order valence-electron chi connectivity index (χ3n) is 6.37. The van der Waals surface area contributed by atoms with E-state index in [0.29, 0.717) is 0 Å². The number of nitrogens with zero attached hydrogens (tertiary/aromatic N) is 1. The number of aliphatic carboxylic acids is 1. The second-order valence-corrected chi connectivity index (χ2v) is 8.88. The minimum Gasteiger partial charge on any atom is -0.481 e. The second kappa shape index (κ2) is 10.5. The zero-order chi connectivity index (χ0) is 24.9. The first-order chi connectivity index (χ1) is 16.8. The van der Waals surface area contributed by atoms with Gasteiger partial charge in [0.2, 0.25) is 5.91 Å². The standard InChI is InChI=1S/C27H29N3O5/c1-17(26(32)33)15-30(2)25(31)24(14-18-8-7-13-28-18)29-27(34)35-16-23-21-11-5-3-9-19(21)20-10-4-6-12-22(20)23/h3-13,17,23-24,28H,14-16H2,1-2H3,(H,29,34)(H,32,33). The van der Waals surface area contributed by atoms with Crippen molar-refractivity contribution < 1.29 is 24.2 Å². The van der Waals surface area contributed by atoms with E-state index in [1.807, 2.05) is 42.5 Å². The summed E-state index contributed by atoms with van der Waals surface area (Å²) in [6.45, 7) is 1.70. The van der Waals surface area contributed by atoms with Crippen LogP contribution in [-0.2, 0) is 20.7 Å². The maximum absolute atomic E-state index is 13.1. The summed E-state index contributed by atoms with van der Waals surface area (Å²) in [4.78, 5) is 41.5. The Labute approximate surface area is 203 Å². The molecule has 3 N–H and O–H groups in total. The number of amides is 2. The lowest BCUT2D eigenvalue weighted by Gasteiger charge is -2.25. The molecule has 1 heterocycles. The van der Waals surface area contributed by atoms with E-state index in [1.54, 1.807) is 12.3 Å². The van der Waals surface area contributed by atoms with Crippen LogP contribution < -0.4 is 5.32 Å². The number of carboxylic acids is 1. The van der Waals surface area contributed by atoms with Gasteiger partial charge < -0.3 is 25.0 Å². The molecule has 8 heteroatoms. The van der Waals surface area contributed by atoms with Crippen LogP contribution in [0.3, 0.4) is 0 Å². The molecule has 1 aliphatic carbocycles. The third-order valence-corrected chi connectivity index (χ3v) is 6.37. The topological polar surface area (TPSA) is 112 Å². The van der Waals surface area contributed by atoms with Gasteiger partial charge in [-0.1, -0.05) is 55.5 Å². The molecule has 0 radical (unpaired) electrons. The summed E-state index contributed by atoms with van der Waals surface area (Å²) in [7, 11) is 1.53. The number of carbonyl (C=O) groups is 3. The highest BCUT2D eigenvalue weighted by molar-refractivity contribution is 5.86. The minimum atomic E-state index is -0.991. The molecule has 0 spiro atoms. The van der Waals surface area contributed by atoms with E-state index in [1.165, 1.54) is 18.9 Å². The van der Waals surface area contributed by atoms with Gasteiger partial charge in [0.05, 0.1) is 5.92 Å². The fourth-order valence-electron chi connectivity index (χ4n) is 4.54. The molecular weight excluding hydrogens is 446 g/mol. The van der Waals surface area contributed by atoms with Gasteiger partial charge in [-0.3, -0.25) is 9.59 Å². The number of hydrogen-bond donors (Lipinski definition) is 3. The molecule has 182 valence electrons. The average molecular weight is 476 g/mol. The quantitative estimate of drug-likeness (QED) is 0.438. The maximum Gasteiger partial charge on any atom is 0.407 e. The predicted octanol–water partition coefficient (Wildman–Crippen LogP) is 3.64. The summed E-state index contributed by atoms with van der Waals surface area (Å²) in [6, 6.07) is 18.8. The van der Waals surface area contributed by atoms with E-state index in [4.69, 9.17) is 4.74 Å². The Hall–Kier alpha value is -4.07. The van der Waals surface area contributed by atoms with Crippen molar-refractivity contribution in [3.05, 3.63) is 83.7 Å². The third kappa shape index (κ3) is 5.37. The Morgan fingerprint density at radius 3 is 2.23 bits per heavy atom. The van der Waals surface area contributed by atoms with Crippen LogP contribution in [0.1, 0.15) is 29.7 Å². The lowest BCUT2D eigenvalue weighted by Crippen LogP contribution is -2.50. The van der Waals surface area contributed by atoms with Crippen molar-refractivity contribution in [1.29, 1.82) is 0 Å².